The van der Waals surface area contributed by atoms with Crippen molar-refractivity contribution in [1.82, 2.24) is 15.0 Å². The lowest BCUT2D eigenvalue weighted by atomic mass is 9.87. The summed E-state index contributed by atoms with van der Waals surface area (Å²) in [5.74, 6) is 2.07. The molecule has 1 aliphatic heterocycles. The van der Waals surface area contributed by atoms with Gasteiger partial charge in [0.05, 0.1) is 24.6 Å². The minimum Gasteiger partial charge on any atom is -0.497 e. The average Bonchev–Trinajstić information content (AvgIpc) is 3.15. The van der Waals surface area contributed by atoms with Crippen LogP contribution in [0.5, 0.6) is 5.75 Å². The van der Waals surface area contributed by atoms with E-state index in [2.05, 4.69) is 14.9 Å². The summed E-state index contributed by atoms with van der Waals surface area (Å²) in [5.41, 5.74) is 3.74. The van der Waals surface area contributed by atoms with Crippen LogP contribution in [0.1, 0.15) is 31.1 Å². The van der Waals surface area contributed by atoms with E-state index in [1.807, 2.05) is 39.0 Å². The lowest BCUT2D eigenvalue weighted by molar-refractivity contribution is 0.0860. The Labute approximate surface area is 178 Å². The van der Waals surface area contributed by atoms with Crippen molar-refractivity contribution in [3.63, 3.8) is 0 Å². The first kappa shape index (κ1) is 20.5. The van der Waals surface area contributed by atoms with Crippen LogP contribution in [0.4, 0.5) is 5.69 Å². The van der Waals surface area contributed by atoms with Gasteiger partial charge in [-0.1, -0.05) is 20.8 Å². The SMILES string of the molecule is COc1cc(-c2cnc3[nH]cc(C(=O)C(C)(C)C)c3n2)cc(N2CCS(=O)CC2)c1. The van der Waals surface area contributed by atoms with Gasteiger partial charge >= 0.3 is 0 Å². The van der Waals surface area contributed by atoms with Crippen LogP contribution in [-0.2, 0) is 10.8 Å². The van der Waals surface area contributed by atoms with E-state index in [1.54, 1.807) is 19.5 Å². The number of carbonyl (C=O) groups excluding carboxylic acids is 1. The second kappa shape index (κ2) is 7.83. The summed E-state index contributed by atoms with van der Waals surface area (Å²) >= 11 is 0. The molecular formula is C22H26N4O3S. The maximum atomic E-state index is 12.8. The number of Topliss-reactive ketones (excluding diaryl/α,β-unsaturated/α-hetero) is 1. The number of anilines is 1. The molecule has 0 bridgehead atoms. The molecule has 4 rings (SSSR count). The minimum absolute atomic E-state index is 0.0212. The first-order valence-corrected chi connectivity index (χ1v) is 11.4. The van der Waals surface area contributed by atoms with E-state index in [9.17, 15) is 9.00 Å². The van der Waals surface area contributed by atoms with Gasteiger partial charge in [0.25, 0.3) is 0 Å². The number of nitrogens with zero attached hydrogens (tertiary/aromatic N) is 3. The van der Waals surface area contributed by atoms with Gasteiger partial charge in [0, 0.05) is 64.3 Å². The van der Waals surface area contributed by atoms with Crippen molar-refractivity contribution in [3.05, 3.63) is 36.2 Å². The third kappa shape index (κ3) is 3.96. The number of methoxy groups -OCH3 is 1. The molecule has 0 amide bonds. The summed E-state index contributed by atoms with van der Waals surface area (Å²) in [4.78, 5) is 27.4. The number of nitrogens with one attached hydrogen (secondary N) is 1. The molecule has 1 aromatic carbocycles. The Kier molecular flexibility index (Phi) is 5.36. The molecule has 0 aliphatic carbocycles. The summed E-state index contributed by atoms with van der Waals surface area (Å²) in [6.07, 6.45) is 3.39. The molecule has 0 atom stereocenters. The Morgan fingerprint density at radius 3 is 2.60 bits per heavy atom. The number of hydrogen-bond donors (Lipinski definition) is 1. The molecule has 0 unspecified atom stereocenters. The van der Waals surface area contributed by atoms with Crippen molar-refractivity contribution >= 4 is 33.4 Å². The number of carbonyl (C=O) groups is 1. The van der Waals surface area contributed by atoms with Gasteiger partial charge in [0.2, 0.25) is 0 Å². The summed E-state index contributed by atoms with van der Waals surface area (Å²) < 4.78 is 17.2. The third-order valence-electron chi connectivity index (χ3n) is 5.27. The van der Waals surface area contributed by atoms with Gasteiger partial charge in [-0.3, -0.25) is 9.00 Å². The number of rotatable bonds is 4. The molecule has 2 aromatic heterocycles. The Morgan fingerprint density at radius 2 is 1.93 bits per heavy atom. The number of fused-ring (bicyclic) bond motifs is 1. The number of H-pyrrole nitrogens is 1. The number of hydrogen-bond acceptors (Lipinski definition) is 6. The van der Waals surface area contributed by atoms with Gasteiger partial charge < -0.3 is 14.6 Å². The molecule has 3 aromatic rings. The molecule has 1 N–H and O–H groups in total. The number of ketones is 1. The summed E-state index contributed by atoms with van der Waals surface area (Å²) in [7, 11) is 0.895. The molecule has 7 nitrogen and oxygen atoms in total. The van der Waals surface area contributed by atoms with Crippen LogP contribution in [-0.4, -0.2) is 56.6 Å². The van der Waals surface area contributed by atoms with Crippen molar-refractivity contribution in [1.29, 1.82) is 0 Å². The average molecular weight is 427 g/mol. The maximum absolute atomic E-state index is 12.8. The first-order chi connectivity index (χ1) is 14.3. The molecule has 158 valence electrons. The fourth-order valence-electron chi connectivity index (χ4n) is 3.54. The van der Waals surface area contributed by atoms with Crippen molar-refractivity contribution in [3.8, 4) is 17.0 Å². The second-order valence-corrected chi connectivity index (χ2v) is 10.2. The normalized spacial score (nSPS) is 15.5. The fraction of sp³-hybridized carbons (Fsp3) is 0.409. The van der Waals surface area contributed by atoms with Crippen LogP contribution in [0, 0.1) is 5.41 Å². The third-order valence-corrected chi connectivity index (χ3v) is 6.55. The molecule has 0 radical (unpaired) electrons. The maximum Gasteiger partial charge on any atom is 0.171 e. The summed E-state index contributed by atoms with van der Waals surface area (Å²) in [6, 6.07) is 5.94. The number of ether oxygens (including phenoxy) is 1. The highest BCUT2D eigenvalue weighted by molar-refractivity contribution is 7.85. The molecule has 3 heterocycles. The molecule has 0 saturated carbocycles. The quantitative estimate of drug-likeness (QED) is 0.643. The van der Waals surface area contributed by atoms with E-state index in [-0.39, 0.29) is 5.78 Å². The van der Waals surface area contributed by atoms with Gasteiger partial charge in [0.15, 0.2) is 11.4 Å². The predicted octanol–water partition coefficient (Wildman–Crippen LogP) is 3.43. The van der Waals surface area contributed by atoms with Crippen molar-refractivity contribution in [2.75, 3.05) is 36.6 Å². The highest BCUT2D eigenvalue weighted by atomic mass is 32.2. The molecule has 30 heavy (non-hydrogen) atoms. The van der Waals surface area contributed by atoms with Crippen molar-refractivity contribution in [2.45, 2.75) is 20.8 Å². The number of aromatic amines is 1. The standard InChI is InChI=1S/C22H26N4O3S/c1-22(2,3)20(27)17-12-23-21-19(17)25-18(13-24-21)14-9-15(11-16(10-14)29-4)26-5-7-30(28)8-6-26/h9-13H,5-8H2,1-4H3,(H,23,24). The zero-order valence-corrected chi connectivity index (χ0v) is 18.5. The van der Waals surface area contributed by atoms with Gasteiger partial charge in [0.1, 0.15) is 11.3 Å². The number of benzene rings is 1. The van der Waals surface area contributed by atoms with Crippen LogP contribution < -0.4 is 9.64 Å². The van der Waals surface area contributed by atoms with Crippen molar-refractivity contribution < 1.29 is 13.7 Å². The van der Waals surface area contributed by atoms with Crippen LogP contribution >= 0.6 is 0 Å². The van der Waals surface area contributed by atoms with Gasteiger partial charge in [-0.25, -0.2) is 9.97 Å². The molecule has 0 spiro atoms. The molecule has 1 saturated heterocycles. The highest BCUT2D eigenvalue weighted by Crippen LogP contribution is 2.32. The van der Waals surface area contributed by atoms with Gasteiger partial charge in [-0.15, -0.1) is 0 Å². The smallest absolute Gasteiger partial charge is 0.171 e. The van der Waals surface area contributed by atoms with E-state index in [0.29, 0.717) is 33.9 Å². The van der Waals surface area contributed by atoms with Crippen LogP contribution in [0.2, 0.25) is 0 Å². The Hall–Kier alpha value is -2.74. The zero-order valence-electron chi connectivity index (χ0n) is 17.7. The van der Waals surface area contributed by atoms with E-state index < -0.39 is 16.2 Å². The topological polar surface area (TPSA) is 88.2 Å². The van der Waals surface area contributed by atoms with E-state index in [4.69, 9.17) is 9.72 Å². The van der Waals surface area contributed by atoms with Crippen LogP contribution in [0.15, 0.2) is 30.6 Å². The molecular weight excluding hydrogens is 400 g/mol. The first-order valence-electron chi connectivity index (χ1n) is 9.94. The van der Waals surface area contributed by atoms with E-state index >= 15 is 0 Å². The predicted molar refractivity (Wildman–Crippen MR) is 120 cm³/mol. The monoisotopic (exact) mass is 426 g/mol. The van der Waals surface area contributed by atoms with Crippen LogP contribution in [0.3, 0.4) is 0 Å². The highest BCUT2D eigenvalue weighted by Gasteiger charge is 2.26. The second-order valence-electron chi connectivity index (χ2n) is 8.49. The molecule has 1 fully saturated rings. The summed E-state index contributed by atoms with van der Waals surface area (Å²) in [6.45, 7) is 7.17. The summed E-state index contributed by atoms with van der Waals surface area (Å²) in [5, 5.41) is 0. The van der Waals surface area contributed by atoms with Gasteiger partial charge in [-0.05, 0) is 12.1 Å². The van der Waals surface area contributed by atoms with E-state index in [1.165, 1.54) is 0 Å². The largest absolute Gasteiger partial charge is 0.497 e. The lowest BCUT2D eigenvalue weighted by Gasteiger charge is -2.29. The van der Waals surface area contributed by atoms with E-state index in [0.717, 1.165) is 30.1 Å². The Balaban J connectivity index is 1.77. The zero-order chi connectivity index (χ0) is 21.5. The van der Waals surface area contributed by atoms with Crippen LogP contribution in [0.25, 0.3) is 22.4 Å². The minimum atomic E-state index is -0.740. The Morgan fingerprint density at radius 1 is 1.20 bits per heavy atom. The Bertz CT molecular complexity index is 1120. The van der Waals surface area contributed by atoms with Gasteiger partial charge in [-0.2, -0.15) is 0 Å². The van der Waals surface area contributed by atoms with Crippen molar-refractivity contribution in [2.24, 2.45) is 5.41 Å². The molecule has 8 heteroatoms. The fourth-order valence-corrected chi connectivity index (χ4v) is 4.59. The number of aromatic nitrogens is 3. The molecule has 1 aliphatic rings. The lowest BCUT2D eigenvalue weighted by Crippen LogP contribution is -2.37.